The Labute approximate surface area is 170 Å². The van der Waals surface area contributed by atoms with Crippen LogP contribution in [0.2, 0.25) is 0 Å². The van der Waals surface area contributed by atoms with Gasteiger partial charge in [0.1, 0.15) is 5.76 Å². The monoisotopic (exact) mass is 400 g/mol. The van der Waals surface area contributed by atoms with Gasteiger partial charge in [0.25, 0.3) is 0 Å². The van der Waals surface area contributed by atoms with Gasteiger partial charge in [-0.25, -0.2) is 0 Å². The van der Waals surface area contributed by atoms with Crippen LogP contribution < -0.4 is 0 Å². The van der Waals surface area contributed by atoms with E-state index in [0.29, 0.717) is 11.7 Å². The van der Waals surface area contributed by atoms with Gasteiger partial charge >= 0.3 is 0 Å². The van der Waals surface area contributed by atoms with Crippen LogP contribution >= 0.6 is 11.8 Å². The number of hydrogen-bond acceptors (Lipinski definition) is 5. The second kappa shape index (κ2) is 8.39. The lowest BCUT2D eigenvalue weighted by atomic mass is 10.1. The summed E-state index contributed by atoms with van der Waals surface area (Å²) in [6.07, 6.45) is 2.75. The highest BCUT2D eigenvalue weighted by Gasteiger charge is 2.19. The minimum absolute atomic E-state index is 0.123. The summed E-state index contributed by atoms with van der Waals surface area (Å²) in [6, 6.07) is 3.89. The minimum atomic E-state index is 0.123. The molecule has 0 radical (unpaired) electrons. The van der Waals surface area contributed by atoms with Crippen LogP contribution in [0, 0.1) is 26.7 Å². The van der Waals surface area contributed by atoms with E-state index in [1.54, 1.807) is 6.26 Å². The summed E-state index contributed by atoms with van der Waals surface area (Å²) in [4.78, 5) is 12.8. The van der Waals surface area contributed by atoms with Crippen molar-refractivity contribution in [2.24, 2.45) is 13.0 Å². The predicted octanol–water partition coefficient (Wildman–Crippen LogP) is 4.82. The normalized spacial score (nSPS) is 11.5. The molecule has 0 amide bonds. The molecule has 6 nitrogen and oxygen atoms in total. The number of hydrogen-bond donors (Lipinski definition) is 0. The van der Waals surface area contributed by atoms with Crippen LogP contribution in [0.4, 0.5) is 0 Å². The Hall–Kier alpha value is -2.28. The largest absolute Gasteiger partial charge is 0.469 e. The van der Waals surface area contributed by atoms with Gasteiger partial charge in [0.05, 0.1) is 17.6 Å². The first-order chi connectivity index (χ1) is 13.3. The summed E-state index contributed by atoms with van der Waals surface area (Å²) in [7, 11) is 1.91. The Morgan fingerprint density at radius 2 is 2.00 bits per heavy atom. The van der Waals surface area contributed by atoms with Crippen LogP contribution in [0.3, 0.4) is 0 Å². The Kier molecular flexibility index (Phi) is 6.13. The standard InChI is InChI=1S/C21H28N4O2S/c1-13(2)7-9-25-14(3)11-18(15(25)4)19(26)12-28-21-23-22-20(24(21)6)17-8-10-27-16(17)5/h8,10-11,13H,7,9,12H2,1-6H3. The molecule has 3 aromatic heterocycles. The number of carbonyl (C=O) groups excluding carboxylic acids is 1. The van der Waals surface area contributed by atoms with Crippen molar-refractivity contribution in [3.8, 4) is 11.4 Å². The van der Waals surface area contributed by atoms with Gasteiger partial charge in [0.2, 0.25) is 0 Å². The Bertz CT molecular complexity index is 981. The number of ketones is 1. The minimum Gasteiger partial charge on any atom is -0.469 e. The van der Waals surface area contributed by atoms with Crippen LogP contribution in [0.5, 0.6) is 0 Å². The molecule has 28 heavy (non-hydrogen) atoms. The first-order valence-electron chi connectivity index (χ1n) is 9.56. The zero-order valence-corrected chi connectivity index (χ0v) is 18.3. The SMILES string of the molecule is Cc1occc1-c1nnc(SCC(=O)c2cc(C)n(CCC(C)C)c2C)n1C. The lowest BCUT2D eigenvalue weighted by Crippen LogP contribution is -2.08. The van der Waals surface area contributed by atoms with Crippen LogP contribution in [0.25, 0.3) is 11.4 Å². The predicted molar refractivity (Wildman–Crippen MR) is 112 cm³/mol. The zero-order valence-electron chi connectivity index (χ0n) is 17.4. The fraction of sp³-hybridized carbons (Fsp3) is 0.476. The van der Waals surface area contributed by atoms with Gasteiger partial charge in [-0.1, -0.05) is 25.6 Å². The van der Waals surface area contributed by atoms with Crippen molar-refractivity contribution >= 4 is 17.5 Å². The van der Waals surface area contributed by atoms with Gasteiger partial charge in [-0.05, 0) is 45.2 Å². The molecule has 0 aliphatic rings. The summed E-state index contributed by atoms with van der Waals surface area (Å²) in [6.45, 7) is 11.4. The third-order valence-corrected chi connectivity index (χ3v) is 6.09. The molecule has 7 heteroatoms. The summed E-state index contributed by atoms with van der Waals surface area (Å²) in [5.41, 5.74) is 3.92. The molecule has 3 heterocycles. The van der Waals surface area contributed by atoms with E-state index in [4.69, 9.17) is 4.42 Å². The molecule has 0 atom stereocenters. The van der Waals surface area contributed by atoms with Crippen molar-refractivity contribution in [2.75, 3.05) is 5.75 Å². The van der Waals surface area contributed by atoms with E-state index < -0.39 is 0 Å². The molecule has 0 aliphatic carbocycles. The van der Waals surface area contributed by atoms with E-state index >= 15 is 0 Å². The average molecular weight is 401 g/mol. The van der Waals surface area contributed by atoms with Crippen molar-refractivity contribution in [3.63, 3.8) is 0 Å². The number of carbonyl (C=O) groups is 1. The van der Waals surface area contributed by atoms with Crippen LogP contribution in [0.1, 0.15) is 47.8 Å². The number of aryl methyl sites for hydroxylation is 2. The fourth-order valence-corrected chi connectivity index (χ4v) is 4.11. The van der Waals surface area contributed by atoms with E-state index in [2.05, 4.69) is 35.5 Å². The maximum Gasteiger partial charge on any atom is 0.191 e. The third-order valence-electron chi connectivity index (χ3n) is 5.07. The highest BCUT2D eigenvalue weighted by atomic mass is 32.2. The van der Waals surface area contributed by atoms with Crippen molar-refractivity contribution in [2.45, 2.75) is 52.7 Å². The van der Waals surface area contributed by atoms with Crippen molar-refractivity contribution in [3.05, 3.63) is 41.1 Å². The molecule has 0 spiro atoms. The molecule has 3 aromatic rings. The van der Waals surface area contributed by atoms with Crippen molar-refractivity contribution in [1.29, 1.82) is 0 Å². The average Bonchev–Trinajstić information content (AvgIpc) is 3.29. The highest BCUT2D eigenvalue weighted by molar-refractivity contribution is 7.99. The van der Waals surface area contributed by atoms with Gasteiger partial charge in [0, 0.05) is 30.5 Å². The maximum absolute atomic E-state index is 12.8. The van der Waals surface area contributed by atoms with Gasteiger partial charge < -0.3 is 13.6 Å². The summed E-state index contributed by atoms with van der Waals surface area (Å²) < 4.78 is 9.51. The van der Waals surface area contributed by atoms with E-state index in [1.807, 2.05) is 37.6 Å². The molecule has 0 aromatic carbocycles. The van der Waals surface area contributed by atoms with Crippen molar-refractivity contribution < 1.29 is 9.21 Å². The number of thioether (sulfide) groups is 1. The molecule has 0 unspecified atom stereocenters. The Balaban J connectivity index is 1.71. The van der Waals surface area contributed by atoms with E-state index in [0.717, 1.165) is 52.2 Å². The van der Waals surface area contributed by atoms with E-state index in [1.165, 1.54) is 11.8 Å². The van der Waals surface area contributed by atoms with Crippen molar-refractivity contribution in [1.82, 2.24) is 19.3 Å². The molecule has 3 rings (SSSR count). The molecule has 0 aliphatic heterocycles. The van der Waals surface area contributed by atoms with Crippen LogP contribution in [-0.2, 0) is 13.6 Å². The number of furan rings is 1. The number of aromatic nitrogens is 4. The molecule has 0 bridgehead atoms. The molecule has 0 saturated carbocycles. The van der Waals surface area contributed by atoms with Gasteiger partial charge in [-0.3, -0.25) is 4.79 Å². The molecular weight excluding hydrogens is 372 g/mol. The second-order valence-corrected chi connectivity index (χ2v) is 8.53. The lowest BCUT2D eigenvalue weighted by molar-refractivity contribution is 0.102. The zero-order chi connectivity index (χ0) is 20.4. The van der Waals surface area contributed by atoms with Crippen LogP contribution in [-0.4, -0.2) is 30.9 Å². The third kappa shape index (κ3) is 4.09. The topological polar surface area (TPSA) is 65.8 Å². The first-order valence-corrected chi connectivity index (χ1v) is 10.5. The van der Waals surface area contributed by atoms with Gasteiger partial charge in [-0.2, -0.15) is 0 Å². The van der Waals surface area contributed by atoms with E-state index in [9.17, 15) is 4.79 Å². The summed E-state index contributed by atoms with van der Waals surface area (Å²) in [5.74, 6) is 2.65. The smallest absolute Gasteiger partial charge is 0.191 e. The molecular formula is C21H28N4O2S. The summed E-state index contributed by atoms with van der Waals surface area (Å²) in [5, 5.41) is 9.23. The maximum atomic E-state index is 12.8. The molecule has 150 valence electrons. The summed E-state index contributed by atoms with van der Waals surface area (Å²) >= 11 is 1.42. The lowest BCUT2D eigenvalue weighted by Gasteiger charge is -2.11. The second-order valence-electron chi connectivity index (χ2n) is 7.59. The number of Topliss-reactive ketones (excluding diaryl/α,β-unsaturated/α-hetero) is 1. The molecule has 0 fully saturated rings. The highest BCUT2D eigenvalue weighted by Crippen LogP contribution is 2.27. The van der Waals surface area contributed by atoms with Gasteiger partial charge in [-0.15, -0.1) is 10.2 Å². The fourth-order valence-electron chi connectivity index (χ4n) is 3.31. The Morgan fingerprint density at radius 3 is 2.64 bits per heavy atom. The quantitative estimate of drug-likeness (QED) is 0.400. The first kappa shape index (κ1) is 20.5. The Morgan fingerprint density at radius 1 is 1.25 bits per heavy atom. The number of nitrogens with zero attached hydrogens (tertiary/aromatic N) is 4. The molecule has 0 N–H and O–H groups in total. The molecule has 0 saturated heterocycles. The van der Waals surface area contributed by atoms with Gasteiger partial charge in [0.15, 0.2) is 16.8 Å². The van der Waals surface area contributed by atoms with Crippen LogP contribution in [0.15, 0.2) is 28.0 Å². The number of rotatable bonds is 8. The van der Waals surface area contributed by atoms with E-state index in [-0.39, 0.29) is 5.78 Å².